The number of carboxylic acid groups (broad SMARTS) is 1. The normalized spacial score (nSPS) is 19.3. The van der Waals surface area contributed by atoms with Crippen molar-refractivity contribution in [2.75, 3.05) is 25.2 Å². The lowest BCUT2D eigenvalue weighted by Crippen LogP contribution is -2.71. The molecule has 1 aromatic carbocycles. The molecule has 2 amide bonds. The first-order valence-corrected chi connectivity index (χ1v) is 12.1. The molecular formula is C21H19N5O8S2. The molecule has 1 saturated heterocycles. The van der Waals surface area contributed by atoms with E-state index >= 15 is 0 Å². The van der Waals surface area contributed by atoms with E-state index in [4.69, 9.17) is 10.5 Å². The van der Waals surface area contributed by atoms with Gasteiger partial charge in [-0.15, -0.1) is 23.1 Å². The van der Waals surface area contributed by atoms with Crippen molar-refractivity contribution in [1.82, 2.24) is 15.2 Å². The Balaban J connectivity index is 1.45. The fourth-order valence-electron chi connectivity index (χ4n) is 3.59. The van der Waals surface area contributed by atoms with Crippen molar-refractivity contribution in [3.8, 4) is 5.75 Å². The van der Waals surface area contributed by atoms with E-state index in [9.17, 15) is 29.5 Å². The number of amides is 2. The number of methoxy groups -OCH3 is 1. The highest BCUT2D eigenvalue weighted by Crippen LogP contribution is 2.40. The van der Waals surface area contributed by atoms with Crippen molar-refractivity contribution in [1.29, 1.82) is 0 Å². The number of β-lactam (4-membered cyclic amide) rings is 1. The molecule has 0 aliphatic carbocycles. The number of aromatic nitrogens is 1. The smallest absolute Gasteiger partial charge is 0.352 e. The van der Waals surface area contributed by atoms with Gasteiger partial charge in [-0.1, -0.05) is 5.16 Å². The average Bonchev–Trinajstić information content (AvgIpc) is 3.31. The van der Waals surface area contributed by atoms with Crippen LogP contribution in [-0.4, -0.2) is 80.5 Å². The number of thiazole rings is 1. The van der Waals surface area contributed by atoms with Gasteiger partial charge in [-0.3, -0.25) is 14.5 Å². The molecule has 2 aromatic rings. The Morgan fingerprint density at radius 3 is 2.61 bits per heavy atom. The lowest BCUT2D eigenvalue weighted by molar-refractivity contribution is -0.150. The second-order valence-corrected chi connectivity index (χ2v) is 9.44. The molecule has 188 valence electrons. The summed E-state index contributed by atoms with van der Waals surface area (Å²) in [6.45, 7) is -0.105. The fraction of sp³-hybridized carbons (Fsp3) is 0.238. The minimum absolute atomic E-state index is 0.0441. The Bertz CT molecular complexity index is 1290. The van der Waals surface area contributed by atoms with Gasteiger partial charge in [0.1, 0.15) is 35.2 Å². The van der Waals surface area contributed by atoms with Gasteiger partial charge in [0.15, 0.2) is 10.8 Å². The van der Waals surface area contributed by atoms with Crippen LogP contribution in [0.15, 0.2) is 46.1 Å². The summed E-state index contributed by atoms with van der Waals surface area (Å²) in [6, 6.07) is 5.08. The number of oxime groups is 1. The van der Waals surface area contributed by atoms with Gasteiger partial charge in [-0.25, -0.2) is 14.6 Å². The van der Waals surface area contributed by atoms with Crippen molar-refractivity contribution in [2.24, 2.45) is 5.16 Å². The Morgan fingerprint density at radius 1 is 1.31 bits per heavy atom. The Hall–Kier alpha value is -4.11. The van der Waals surface area contributed by atoms with Crippen LogP contribution in [-0.2, 0) is 19.1 Å². The summed E-state index contributed by atoms with van der Waals surface area (Å²) < 4.78 is 10.3. The van der Waals surface area contributed by atoms with Gasteiger partial charge in [0.25, 0.3) is 11.8 Å². The highest BCUT2D eigenvalue weighted by atomic mass is 32.2. The topological polar surface area (TPSA) is 194 Å². The monoisotopic (exact) mass is 533 g/mol. The molecule has 0 unspecified atom stereocenters. The zero-order valence-corrected chi connectivity index (χ0v) is 20.2. The van der Waals surface area contributed by atoms with Crippen LogP contribution in [0.5, 0.6) is 5.75 Å². The highest BCUT2D eigenvalue weighted by molar-refractivity contribution is 8.00. The summed E-state index contributed by atoms with van der Waals surface area (Å²) in [4.78, 5) is 54.0. The molecule has 2 atom stereocenters. The predicted octanol–water partition coefficient (Wildman–Crippen LogP) is 0.508. The maximum atomic E-state index is 12.8. The number of benzene rings is 1. The lowest BCUT2D eigenvalue weighted by Gasteiger charge is -2.49. The number of thioether (sulfide) groups is 1. The summed E-state index contributed by atoms with van der Waals surface area (Å²) in [5, 5.41) is 25.4. The molecule has 0 bridgehead atoms. The summed E-state index contributed by atoms with van der Waals surface area (Å²) in [7, 11) is 1.27. The molecule has 1 fully saturated rings. The number of hydrogen-bond donors (Lipinski definition) is 4. The zero-order chi connectivity index (χ0) is 26.0. The summed E-state index contributed by atoms with van der Waals surface area (Å²) in [5.74, 6) is -2.68. The summed E-state index contributed by atoms with van der Waals surface area (Å²) in [5.41, 5.74) is 5.65. The number of nitrogens with zero attached hydrogens (tertiary/aromatic N) is 3. The molecule has 36 heavy (non-hydrogen) atoms. The first kappa shape index (κ1) is 25.0. The number of hydrogen-bond acceptors (Lipinski definition) is 12. The van der Waals surface area contributed by atoms with E-state index in [0.29, 0.717) is 16.9 Å². The molecule has 15 heteroatoms. The van der Waals surface area contributed by atoms with E-state index in [2.05, 4.69) is 20.2 Å². The number of aliphatic carboxylic acids is 1. The molecule has 0 saturated carbocycles. The Kier molecular flexibility index (Phi) is 7.12. The number of nitrogen functional groups attached to an aromatic ring is 1. The van der Waals surface area contributed by atoms with Gasteiger partial charge in [-0.2, -0.15) is 0 Å². The van der Waals surface area contributed by atoms with Crippen LogP contribution in [0.2, 0.25) is 0 Å². The van der Waals surface area contributed by atoms with Crippen LogP contribution >= 0.6 is 23.1 Å². The largest absolute Gasteiger partial charge is 0.489 e. The quantitative estimate of drug-likeness (QED) is 0.121. The van der Waals surface area contributed by atoms with Gasteiger partial charge < -0.3 is 30.8 Å². The van der Waals surface area contributed by atoms with Gasteiger partial charge in [0.05, 0.1) is 12.7 Å². The van der Waals surface area contributed by atoms with Gasteiger partial charge in [0.2, 0.25) is 0 Å². The summed E-state index contributed by atoms with van der Waals surface area (Å²) >= 11 is 2.30. The SMILES string of the molecule is COC(=O)c1ccc(OCC2=C(C(=O)O)N3C(=O)[C@@H](NC(=O)/C(=N\O)c4csc(N)n4)[C@H]3SC2)cc1. The second kappa shape index (κ2) is 10.2. The number of nitrogens with one attached hydrogen (secondary N) is 1. The number of carboxylic acids is 1. The molecule has 2 aliphatic heterocycles. The molecule has 5 N–H and O–H groups in total. The number of nitrogens with two attached hydrogens (primary N) is 1. The van der Waals surface area contributed by atoms with E-state index in [-0.39, 0.29) is 28.9 Å². The lowest BCUT2D eigenvalue weighted by atomic mass is 10.0. The maximum Gasteiger partial charge on any atom is 0.352 e. The molecule has 2 aliphatic rings. The highest BCUT2D eigenvalue weighted by Gasteiger charge is 2.54. The molecule has 13 nitrogen and oxygen atoms in total. The molecule has 4 rings (SSSR count). The van der Waals surface area contributed by atoms with Crippen LogP contribution in [0.4, 0.5) is 5.13 Å². The third-order valence-corrected chi connectivity index (χ3v) is 7.32. The number of carbonyl (C=O) groups excluding carboxylic acids is 3. The van der Waals surface area contributed by atoms with E-state index in [1.165, 1.54) is 36.4 Å². The number of esters is 1. The molecule has 0 spiro atoms. The zero-order valence-electron chi connectivity index (χ0n) is 18.5. The minimum Gasteiger partial charge on any atom is -0.489 e. The van der Waals surface area contributed by atoms with Crippen molar-refractivity contribution in [3.63, 3.8) is 0 Å². The van der Waals surface area contributed by atoms with Crippen LogP contribution in [0.25, 0.3) is 0 Å². The van der Waals surface area contributed by atoms with E-state index in [0.717, 1.165) is 16.2 Å². The first-order valence-electron chi connectivity index (χ1n) is 10.2. The third-order valence-electron chi connectivity index (χ3n) is 5.30. The van der Waals surface area contributed by atoms with Crippen molar-refractivity contribution in [3.05, 3.63) is 52.2 Å². The van der Waals surface area contributed by atoms with Crippen LogP contribution < -0.4 is 15.8 Å². The number of carbonyl (C=O) groups is 4. The standard InChI is InChI=1S/C21H19N5O8S2/c1-33-20(31)9-2-4-11(5-3-9)34-6-10-7-35-18-14(17(28)26(18)15(10)19(29)30)24-16(27)13(25-32)12-8-36-21(22)23-12/h2-5,8,14,18,32H,6-7H2,1H3,(H2,22,23)(H,24,27)(H,29,30)/b25-13-/t14-,18-/m1/s1. The Labute approximate surface area is 211 Å². The van der Waals surface area contributed by atoms with E-state index in [1.807, 2.05) is 0 Å². The fourth-order valence-corrected chi connectivity index (χ4v) is 5.46. The van der Waals surface area contributed by atoms with Crippen molar-refractivity contribution in [2.45, 2.75) is 11.4 Å². The van der Waals surface area contributed by atoms with Crippen LogP contribution in [0.1, 0.15) is 16.1 Å². The first-order chi connectivity index (χ1) is 17.2. The predicted molar refractivity (Wildman–Crippen MR) is 128 cm³/mol. The molecule has 3 heterocycles. The van der Waals surface area contributed by atoms with Crippen LogP contribution in [0.3, 0.4) is 0 Å². The Morgan fingerprint density at radius 2 is 2.03 bits per heavy atom. The number of rotatable bonds is 8. The van der Waals surface area contributed by atoms with E-state index < -0.39 is 40.9 Å². The van der Waals surface area contributed by atoms with Crippen LogP contribution in [0, 0.1) is 0 Å². The number of anilines is 1. The maximum absolute atomic E-state index is 12.8. The van der Waals surface area contributed by atoms with Crippen molar-refractivity contribution >= 4 is 57.7 Å². The summed E-state index contributed by atoms with van der Waals surface area (Å²) in [6.07, 6.45) is 0. The third kappa shape index (κ3) is 4.70. The number of ether oxygens (including phenoxy) is 2. The second-order valence-electron chi connectivity index (χ2n) is 7.44. The van der Waals surface area contributed by atoms with Gasteiger partial charge >= 0.3 is 11.9 Å². The molecular weight excluding hydrogens is 514 g/mol. The molecule has 0 radical (unpaired) electrons. The minimum atomic E-state index is -1.31. The van der Waals surface area contributed by atoms with E-state index in [1.54, 1.807) is 12.1 Å². The van der Waals surface area contributed by atoms with Crippen molar-refractivity contribution < 1.29 is 39.0 Å². The average molecular weight is 534 g/mol. The number of fused-ring (bicyclic) bond motifs is 1. The van der Waals surface area contributed by atoms with Gasteiger partial charge in [-0.05, 0) is 24.3 Å². The molecule has 1 aromatic heterocycles. The van der Waals surface area contributed by atoms with Gasteiger partial charge in [0, 0.05) is 16.7 Å².